The van der Waals surface area contributed by atoms with Crippen molar-refractivity contribution in [2.45, 2.75) is 30.5 Å². The third-order valence-electron chi connectivity index (χ3n) is 4.62. The Morgan fingerprint density at radius 2 is 1.55 bits per heavy atom. The molecule has 3 atom stereocenters. The molecule has 1 N–H and O–H groups in total. The first-order chi connectivity index (χ1) is 10.7. The summed E-state index contributed by atoms with van der Waals surface area (Å²) in [6.07, 6.45) is 1.59. The average molecular weight is 292 g/mol. The van der Waals surface area contributed by atoms with Crippen molar-refractivity contribution in [3.8, 4) is 0 Å². The summed E-state index contributed by atoms with van der Waals surface area (Å²) in [5.41, 5.74) is 0.263. The lowest BCUT2D eigenvalue weighted by Gasteiger charge is -2.35. The minimum absolute atomic E-state index is 0.671. The number of aliphatic hydroxyl groups excluding tert-OH is 1. The minimum atomic E-state index is -0.896. The quantitative estimate of drug-likeness (QED) is 0.843. The summed E-state index contributed by atoms with van der Waals surface area (Å²) in [7, 11) is 0. The van der Waals surface area contributed by atoms with Crippen LogP contribution in [0.5, 0.6) is 0 Å². The van der Waals surface area contributed by atoms with E-state index in [0.717, 1.165) is 11.1 Å². The summed E-state index contributed by atoms with van der Waals surface area (Å²) in [6.45, 7) is 5.95. The van der Waals surface area contributed by atoms with Crippen LogP contribution in [-0.4, -0.2) is 11.2 Å². The molecule has 1 heterocycles. The van der Waals surface area contributed by atoms with Gasteiger partial charge in [0.05, 0.1) is 0 Å². The van der Waals surface area contributed by atoms with Crippen LogP contribution in [0.3, 0.4) is 0 Å². The van der Waals surface area contributed by atoms with Crippen molar-refractivity contribution in [3.05, 3.63) is 84.4 Å². The van der Waals surface area contributed by atoms with Gasteiger partial charge in [-0.1, -0.05) is 73.7 Å². The lowest BCUT2D eigenvalue weighted by Crippen LogP contribution is -2.45. The molecule has 3 heteroatoms. The van der Waals surface area contributed by atoms with E-state index in [2.05, 4.69) is 16.8 Å². The van der Waals surface area contributed by atoms with E-state index >= 15 is 0 Å². The summed E-state index contributed by atoms with van der Waals surface area (Å²) in [5, 5.41) is 20.2. The van der Waals surface area contributed by atoms with Crippen LogP contribution in [0, 0.1) is 0 Å². The Morgan fingerprint density at radius 1 is 1.00 bits per heavy atom. The molecule has 22 heavy (non-hydrogen) atoms. The number of hydrogen-bond acceptors (Lipinski definition) is 3. The van der Waals surface area contributed by atoms with Gasteiger partial charge in [-0.25, -0.2) is 0 Å². The van der Waals surface area contributed by atoms with Gasteiger partial charge in [0.2, 0.25) is 0 Å². The number of benzene rings is 2. The topological polar surface area (TPSA) is 45.0 Å². The molecule has 112 valence electrons. The first-order valence-electron chi connectivity index (χ1n) is 7.56. The molecule has 2 aromatic rings. The molecule has 0 amide bonds. The molecule has 0 fully saturated rings. The molecular weight excluding hydrogens is 272 g/mol. The largest absolute Gasteiger partial charge is 0.387 e. The minimum Gasteiger partial charge on any atom is -0.387 e. The molecule has 0 unspecified atom stereocenters. The van der Waals surface area contributed by atoms with Crippen LogP contribution in [0.25, 0.3) is 0 Å². The normalized spacial score (nSPS) is 30.4. The molecule has 0 bridgehead atoms. The Balaban J connectivity index is 2.13. The van der Waals surface area contributed by atoms with E-state index in [9.17, 15) is 5.11 Å². The Morgan fingerprint density at radius 3 is 2.05 bits per heavy atom. The van der Waals surface area contributed by atoms with Crippen molar-refractivity contribution in [1.82, 2.24) is 0 Å². The molecule has 0 aromatic heterocycles. The predicted octanol–water partition coefficient (Wildman–Crippen LogP) is 4.20. The molecule has 1 aliphatic heterocycles. The maximum atomic E-state index is 11.2. The van der Waals surface area contributed by atoms with Crippen LogP contribution in [0.4, 0.5) is 0 Å². The van der Waals surface area contributed by atoms with Gasteiger partial charge in [-0.15, -0.1) is 6.58 Å². The van der Waals surface area contributed by atoms with Crippen molar-refractivity contribution >= 4 is 0 Å². The maximum absolute atomic E-state index is 11.2. The summed E-state index contributed by atoms with van der Waals surface area (Å²) in [4.78, 5) is 0. The zero-order valence-corrected chi connectivity index (χ0v) is 12.7. The Hall–Kier alpha value is -2.26. The second kappa shape index (κ2) is 5.50. The molecule has 0 radical (unpaired) electrons. The third-order valence-corrected chi connectivity index (χ3v) is 4.62. The van der Waals surface area contributed by atoms with Crippen molar-refractivity contribution < 1.29 is 5.11 Å². The summed E-state index contributed by atoms with van der Waals surface area (Å²) in [6, 6.07) is 19.6. The number of aliphatic hydroxyl groups is 1. The van der Waals surface area contributed by atoms with Gasteiger partial charge in [0, 0.05) is 0 Å². The van der Waals surface area contributed by atoms with Gasteiger partial charge < -0.3 is 5.11 Å². The molecule has 0 saturated heterocycles. The van der Waals surface area contributed by atoms with Gasteiger partial charge in [-0.05, 0) is 17.5 Å². The third kappa shape index (κ3) is 1.93. The molecule has 3 nitrogen and oxygen atoms in total. The van der Waals surface area contributed by atoms with E-state index in [1.54, 1.807) is 6.08 Å². The second-order valence-electron chi connectivity index (χ2n) is 5.64. The standard InChI is InChI=1S/C19H20N2O/c1-3-18(15-11-7-5-8-12-15)17(22)19(4-2,21-20-18)16-13-9-6-10-14-16/h3,5-14,17,22H,1,4H2,2H3/t17-,18+,19+/m0/s1. The van der Waals surface area contributed by atoms with Gasteiger partial charge >= 0.3 is 0 Å². The van der Waals surface area contributed by atoms with Crippen molar-refractivity contribution in [3.63, 3.8) is 0 Å². The molecular formula is C19H20N2O. The summed E-state index contributed by atoms with van der Waals surface area (Å²) < 4.78 is 0. The fourth-order valence-corrected chi connectivity index (χ4v) is 3.25. The Kier molecular flexibility index (Phi) is 3.67. The van der Waals surface area contributed by atoms with Gasteiger partial charge in [0.25, 0.3) is 0 Å². The molecule has 0 spiro atoms. The van der Waals surface area contributed by atoms with E-state index in [1.165, 1.54) is 0 Å². The SMILES string of the molecule is C=C[C@]1(c2ccccc2)N=N[C@](CC)(c2ccccc2)[C@H]1O. The number of rotatable bonds is 4. The van der Waals surface area contributed by atoms with E-state index in [4.69, 9.17) is 0 Å². The van der Waals surface area contributed by atoms with Crippen LogP contribution in [-0.2, 0) is 11.1 Å². The lowest BCUT2D eigenvalue weighted by atomic mass is 9.73. The second-order valence-corrected chi connectivity index (χ2v) is 5.64. The Labute approximate surface area is 131 Å². The van der Waals surface area contributed by atoms with E-state index in [1.807, 2.05) is 67.6 Å². The summed E-state index contributed by atoms with van der Waals surface area (Å²) >= 11 is 0. The van der Waals surface area contributed by atoms with Crippen LogP contribution in [0.15, 0.2) is 83.5 Å². The zero-order valence-electron chi connectivity index (χ0n) is 12.7. The van der Waals surface area contributed by atoms with E-state index in [-0.39, 0.29) is 0 Å². The Bertz CT molecular complexity index is 683. The zero-order chi connectivity index (χ0) is 15.6. The van der Waals surface area contributed by atoms with Gasteiger partial charge in [0.15, 0.2) is 5.54 Å². The van der Waals surface area contributed by atoms with Crippen LogP contribution in [0.2, 0.25) is 0 Å². The van der Waals surface area contributed by atoms with Gasteiger partial charge in [0.1, 0.15) is 11.6 Å². The lowest BCUT2D eigenvalue weighted by molar-refractivity contribution is 0.0576. The highest BCUT2D eigenvalue weighted by molar-refractivity contribution is 5.39. The predicted molar refractivity (Wildman–Crippen MR) is 87.6 cm³/mol. The fourth-order valence-electron chi connectivity index (χ4n) is 3.25. The monoisotopic (exact) mass is 292 g/mol. The summed E-state index contributed by atoms with van der Waals surface area (Å²) in [5.74, 6) is 0. The van der Waals surface area contributed by atoms with Crippen LogP contribution >= 0.6 is 0 Å². The van der Waals surface area contributed by atoms with Crippen LogP contribution < -0.4 is 0 Å². The van der Waals surface area contributed by atoms with Gasteiger partial charge in [-0.2, -0.15) is 10.2 Å². The van der Waals surface area contributed by atoms with E-state index < -0.39 is 17.2 Å². The smallest absolute Gasteiger partial charge is 0.153 e. The highest BCUT2D eigenvalue weighted by Crippen LogP contribution is 2.50. The first-order valence-corrected chi connectivity index (χ1v) is 7.56. The highest BCUT2D eigenvalue weighted by atomic mass is 16.3. The van der Waals surface area contributed by atoms with E-state index in [0.29, 0.717) is 6.42 Å². The first kappa shape index (κ1) is 14.7. The average Bonchev–Trinajstić information content (AvgIpc) is 2.90. The molecule has 1 aliphatic rings. The number of azo groups is 1. The number of nitrogens with zero attached hydrogens (tertiary/aromatic N) is 2. The fraction of sp³-hybridized carbons (Fsp3) is 0.263. The van der Waals surface area contributed by atoms with Crippen molar-refractivity contribution in [2.75, 3.05) is 0 Å². The van der Waals surface area contributed by atoms with Crippen LogP contribution in [0.1, 0.15) is 24.5 Å². The maximum Gasteiger partial charge on any atom is 0.153 e. The van der Waals surface area contributed by atoms with Crippen molar-refractivity contribution in [2.24, 2.45) is 10.2 Å². The molecule has 2 aromatic carbocycles. The van der Waals surface area contributed by atoms with Crippen molar-refractivity contribution in [1.29, 1.82) is 0 Å². The molecule has 0 aliphatic carbocycles. The highest BCUT2D eigenvalue weighted by Gasteiger charge is 2.55. The molecule has 0 saturated carbocycles. The number of hydrogen-bond donors (Lipinski definition) is 1. The molecule has 3 rings (SSSR count). The van der Waals surface area contributed by atoms with Gasteiger partial charge in [-0.3, -0.25) is 0 Å².